The smallest absolute Gasteiger partial charge is 0.249 e. The third-order valence-corrected chi connectivity index (χ3v) is 4.39. The van der Waals surface area contributed by atoms with Crippen LogP contribution in [-0.4, -0.2) is 20.9 Å². The van der Waals surface area contributed by atoms with Gasteiger partial charge in [0.15, 0.2) is 0 Å². The SMILES string of the molecule is O=C1CCC(c2nc(-c3ccccc3)no2)N1Cc1ccccc1F. The van der Waals surface area contributed by atoms with E-state index < -0.39 is 0 Å². The van der Waals surface area contributed by atoms with E-state index in [-0.39, 0.29) is 24.3 Å². The van der Waals surface area contributed by atoms with Crippen LogP contribution in [-0.2, 0) is 11.3 Å². The number of nitrogens with zero attached hydrogens (tertiary/aromatic N) is 3. The Morgan fingerprint density at radius 3 is 2.68 bits per heavy atom. The maximum absolute atomic E-state index is 13.9. The second-order valence-corrected chi connectivity index (χ2v) is 5.99. The first-order valence-corrected chi connectivity index (χ1v) is 8.14. The average Bonchev–Trinajstić information content (AvgIpc) is 3.25. The zero-order valence-corrected chi connectivity index (χ0v) is 13.4. The van der Waals surface area contributed by atoms with Crippen LogP contribution < -0.4 is 0 Å². The van der Waals surface area contributed by atoms with Crippen LogP contribution in [0.4, 0.5) is 4.39 Å². The van der Waals surface area contributed by atoms with Crippen LogP contribution in [0.15, 0.2) is 59.1 Å². The summed E-state index contributed by atoms with van der Waals surface area (Å²) in [6, 6.07) is 15.6. The normalized spacial score (nSPS) is 17.2. The molecule has 0 aliphatic carbocycles. The lowest BCUT2D eigenvalue weighted by Crippen LogP contribution is -2.27. The average molecular weight is 337 g/mol. The van der Waals surface area contributed by atoms with Gasteiger partial charge in [0.2, 0.25) is 17.6 Å². The highest BCUT2D eigenvalue weighted by molar-refractivity contribution is 5.78. The van der Waals surface area contributed by atoms with E-state index in [1.165, 1.54) is 6.07 Å². The van der Waals surface area contributed by atoms with Gasteiger partial charge in [-0.3, -0.25) is 4.79 Å². The number of carbonyl (C=O) groups excluding carboxylic acids is 1. The first-order valence-electron chi connectivity index (χ1n) is 8.14. The van der Waals surface area contributed by atoms with Crippen molar-refractivity contribution < 1.29 is 13.7 Å². The van der Waals surface area contributed by atoms with E-state index in [2.05, 4.69) is 10.1 Å². The molecule has 3 aromatic rings. The Labute approximate surface area is 144 Å². The Morgan fingerprint density at radius 1 is 1.12 bits per heavy atom. The van der Waals surface area contributed by atoms with Gasteiger partial charge in [-0.05, 0) is 12.5 Å². The molecule has 0 saturated carbocycles. The molecule has 1 fully saturated rings. The van der Waals surface area contributed by atoms with E-state index in [1.54, 1.807) is 23.1 Å². The lowest BCUT2D eigenvalue weighted by Gasteiger charge is -2.22. The Kier molecular flexibility index (Phi) is 4.01. The van der Waals surface area contributed by atoms with Crippen LogP contribution in [0.2, 0.25) is 0 Å². The van der Waals surface area contributed by atoms with Gasteiger partial charge in [-0.1, -0.05) is 53.7 Å². The summed E-state index contributed by atoms with van der Waals surface area (Å²) in [5.41, 5.74) is 1.33. The highest BCUT2D eigenvalue weighted by Crippen LogP contribution is 2.34. The van der Waals surface area contributed by atoms with Crippen molar-refractivity contribution >= 4 is 5.91 Å². The van der Waals surface area contributed by atoms with Crippen LogP contribution in [0.1, 0.15) is 30.3 Å². The van der Waals surface area contributed by atoms with E-state index in [4.69, 9.17) is 4.52 Å². The van der Waals surface area contributed by atoms with Gasteiger partial charge in [-0.15, -0.1) is 0 Å². The van der Waals surface area contributed by atoms with E-state index in [0.29, 0.717) is 30.1 Å². The van der Waals surface area contributed by atoms with Crippen LogP contribution in [0.5, 0.6) is 0 Å². The second-order valence-electron chi connectivity index (χ2n) is 5.99. The molecule has 1 atom stereocenters. The molecule has 2 heterocycles. The molecule has 2 aromatic carbocycles. The molecule has 6 heteroatoms. The van der Waals surface area contributed by atoms with Crippen LogP contribution in [0.25, 0.3) is 11.4 Å². The van der Waals surface area contributed by atoms with Crippen molar-refractivity contribution in [2.75, 3.05) is 0 Å². The van der Waals surface area contributed by atoms with Crippen molar-refractivity contribution in [2.45, 2.75) is 25.4 Å². The van der Waals surface area contributed by atoms with Gasteiger partial charge in [0.25, 0.3) is 0 Å². The number of hydrogen-bond donors (Lipinski definition) is 0. The second kappa shape index (κ2) is 6.47. The molecular weight excluding hydrogens is 321 g/mol. The molecule has 1 aliphatic rings. The van der Waals surface area contributed by atoms with E-state index in [1.807, 2.05) is 30.3 Å². The summed E-state index contributed by atoms with van der Waals surface area (Å²) in [5, 5.41) is 4.02. The molecular formula is C19H16FN3O2. The lowest BCUT2D eigenvalue weighted by molar-refractivity contribution is -0.130. The molecule has 25 heavy (non-hydrogen) atoms. The van der Waals surface area contributed by atoms with Gasteiger partial charge in [0.1, 0.15) is 11.9 Å². The number of benzene rings is 2. The number of hydrogen-bond acceptors (Lipinski definition) is 4. The van der Waals surface area contributed by atoms with Crippen LogP contribution in [0, 0.1) is 5.82 Å². The molecule has 0 radical (unpaired) electrons. The minimum Gasteiger partial charge on any atom is -0.337 e. The van der Waals surface area contributed by atoms with E-state index >= 15 is 0 Å². The van der Waals surface area contributed by atoms with Gasteiger partial charge in [-0.25, -0.2) is 4.39 Å². The van der Waals surface area contributed by atoms with Crippen molar-refractivity contribution in [1.29, 1.82) is 0 Å². The molecule has 1 amide bonds. The summed E-state index contributed by atoms with van der Waals surface area (Å²) in [6.45, 7) is 0.194. The number of carbonyl (C=O) groups is 1. The van der Waals surface area contributed by atoms with Crippen molar-refractivity contribution in [3.8, 4) is 11.4 Å². The number of halogens is 1. The largest absolute Gasteiger partial charge is 0.337 e. The Hall–Kier alpha value is -3.02. The fourth-order valence-electron chi connectivity index (χ4n) is 3.07. The summed E-state index contributed by atoms with van der Waals surface area (Å²) in [4.78, 5) is 18.3. The molecule has 5 nitrogen and oxygen atoms in total. The Morgan fingerprint density at radius 2 is 1.88 bits per heavy atom. The van der Waals surface area contributed by atoms with E-state index in [9.17, 15) is 9.18 Å². The van der Waals surface area contributed by atoms with Crippen molar-refractivity contribution in [2.24, 2.45) is 0 Å². The maximum Gasteiger partial charge on any atom is 0.249 e. The number of rotatable bonds is 4. The van der Waals surface area contributed by atoms with Gasteiger partial charge >= 0.3 is 0 Å². The zero-order valence-electron chi connectivity index (χ0n) is 13.4. The molecule has 1 aromatic heterocycles. The summed E-state index contributed by atoms with van der Waals surface area (Å²) in [5.74, 6) is 0.519. The van der Waals surface area contributed by atoms with Gasteiger partial charge in [0.05, 0.1) is 0 Å². The minimum absolute atomic E-state index is 0.0345. The monoisotopic (exact) mass is 337 g/mol. The summed E-state index contributed by atoms with van der Waals surface area (Å²) in [6.07, 6.45) is 0.978. The molecule has 126 valence electrons. The summed E-state index contributed by atoms with van der Waals surface area (Å²) >= 11 is 0. The highest BCUT2D eigenvalue weighted by Gasteiger charge is 2.36. The van der Waals surface area contributed by atoms with Crippen molar-refractivity contribution in [1.82, 2.24) is 15.0 Å². The molecule has 0 N–H and O–H groups in total. The molecule has 0 bridgehead atoms. The quantitative estimate of drug-likeness (QED) is 0.728. The molecule has 1 saturated heterocycles. The number of likely N-dealkylation sites (tertiary alicyclic amines) is 1. The number of amides is 1. The van der Waals surface area contributed by atoms with Gasteiger partial charge < -0.3 is 9.42 Å². The molecule has 4 rings (SSSR count). The summed E-state index contributed by atoms with van der Waals surface area (Å²) < 4.78 is 19.3. The third kappa shape index (κ3) is 3.03. The fraction of sp³-hybridized carbons (Fsp3) is 0.211. The topological polar surface area (TPSA) is 59.2 Å². The lowest BCUT2D eigenvalue weighted by atomic mass is 10.1. The van der Waals surface area contributed by atoms with Crippen LogP contribution >= 0.6 is 0 Å². The molecule has 1 unspecified atom stereocenters. The standard InChI is InChI=1S/C19H16FN3O2/c20-15-9-5-4-8-14(15)12-23-16(10-11-17(23)24)19-21-18(22-25-19)13-6-2-1-3-7-13/h1-9,16H,10-12H2. The van der Waals surface area contributed by atoms with Crippen molar-refractivity contribution in [3.63, 3.8) is 0 Å². The fourth-order valence-corrected chi connectivity index (χ4v) is 3.07. The first kappa shape index (κ1) is 15.5. The Bertz CT molecular complexity index is 894. The third-order valence-electron chi connectivity index (χ3n) is 4.39. The van der Waals surface area contributed by atoms with Crippen LogP contribution in [0.3, 0.4) is 0 Å². The maximum atomic E-state index is 13.9. The zero-order chi connectivity index (χ0) is 17.2. The Balaban J connectivity index is 1.60. The molecule has 0 spiro atoms. The predicted molar refractivity (Wildman–Crippen MR) is 88.7 cm³/mol. The highest BCUT2D eigenvalue weighted by atomic mass is 19.1. The van der Waals surface area contributed by atoms with Crippen molar-refractivity contribution in [3.05, 3.63) is 71.9 Å². The van der Waals surface area contributed by atoms with Gasteiger partial charge in [0, 0.05) is 24.1 Å². The predicted octanol–water partition coefficient (Wildman–Crippen LogP) is 3.74. The number of aromatic nitrogens is 2. The summed E-state index contributed by atoms with van der Waals surface area (Å²) in [7, 11) is 0. The molecule has 1 aliphatic heterocycles. The van der Waals surface area contributed by atoms with Gasteiger partial charge in [-0.2, -0.15) is 4.98 Å². The first-order chi connectivity index (χ1) is 12.2. The van der Waals surface area contributed by atoms with E-state index in [0.717, 1.165) is 5.56 Å². The minimum atomic E-state index is -0.323.